The monoisotopic (exact) mass is 340 g/mol. The van der Waals surface area contributed by atoms with Crippen LogP contribution in [0.15, 0.2) is 24.3 Å². The number of nitrogens with one attached hydrogen (secondary N) is 1. The fourth-order valence-corrected chi connectivity index (χ4v) is 3.26. The van der Waals surface area contributed by atoms with Crippen molar-refractivity contribution < 1.29 is 22.8 Å². The van der Waals surface area contributed by atoms with Gasteiger partial charge in [-0.15, -0.1) is 0 Å². The molecule has 2 fully saturated rings. The summed E-state index contributed by atoms with van der Waals surface area (Å²) < 4.78 is 39.3. The van der Waals surface area contributed by atoms with E-state index < -0.39 is 17.7 Å². The van der Waals surface area contributed by atoms with Crippen LogP contribution in [0.2, 0.25) is 0 Å². The van der Waals surface area contributed by atoms with E-state index in [0.29, 0.717) is 5.69 Å². The highest BCUT2D eigenvalue weighted by Crippen LogP contribution is 2.33. The van der Waals surface area contributed by atoms with Crippen molar-refractivity contribution in [2.45, 2.75) is 44.1 Å². The summed E-state index contributed by atoms with van der Waals surface area (Å²) in [7, 11) is 0. The molecule has 1 saturated carbocycles. The zero-order chi connectivity index (χ0) is 17.3. The van der Waals surface area contributed by atoms with Crippen LogP contribution < -0.4 is 10.2 Å². The first kappa shape index (κ1) is 16.8. The number of hydrogen-bond donors (Lipinski definition) is 1. The van der Waals surface area contributed by atoms with E-state index >= 15 is 0 Å². The molecule has 7 heteroatoms. The summed E-state index contributed by atoms with van der Waals surface area (Å²) in [5.74, 6) is -4.01. The molecule has 24 heavy (non-hydrogen) atoms. The molecule has 0 spiro atoms. The maximum atomic E-state index is 13.1. The van der Waals surface area contributed by atoms with E-state index in [1.807, 2.05) is 0 Å². The van der Waals surface area contributed by atoms with E-state index in [2.05, 4.69) is 5.32 Å². The lowest BCUT2D eigenvalue weighted by Gasteiger charge is -2.29. The Morgan fingerprint density at radius 1 is 1.17 bits per heavy atom. The Labute approximate surface area is 138 Å². The van der Waals surface area contributed by atoms with Gasteiger partial charge in [0.25, 0.3) is 0 Å². The third-order valence-corrected chi connectivity index (χ3v) is 4.70. The molecule has 1 aromatic carbocycles. The van der Waals surface area contributed by atoms with Crippen molar-refractivity contribution in [1.82, 2.24) is 5.32 Å². The third kappa shape index (κ3) is 3.71. The minimum absolute atomic E-state index is 0.0755. The van der Waals surface area contributed by atoms with Gasteiger partial charge >= 0.3 is 0 Å². The van der Waals surface area contributed by atoms with E-state index in [1.54, 1.807) is 0 Å². The summed E-state index contributed by atoms with van der Waals surface area (Å²) in [6.07, 6.45) is 0.140. The van der Waals surface area contributed by atoms with Gasteiger partial charge in [-0.2, -0.15) is 0 Å². The minimum Gasteiger partial charge on any atom is -0.353 e. The molecular weight excluding hydrogens is 321 g/mol. The smallest absolute Gasteiger partial charge is 0.248 e. The Hall–Kier alpha value is -2.05. The second-order valence-corrected chi connectivity index (χ2v) is 6.52. The van der Waals surface area contributed by atoms with Gasteiger partial charge in [0.1, 0.15) is 5.82 Å². The minimum atomic E-state index is -2.63. The topological polar surface area (TPSA) is 49.4 Å². The first-order chi connectivity index (χ1) is 11.3. The first-order valence-electron chi connectivity index (χ1n) is 8.08. The van der Waals surface area contributed by atoms with E-state index in [9.17, 15) is 22.8 Å². The third-order valence-electron chi connectivity index (χ3n) is 4.70. The second-order valence-electron chi connectivity index (χ2n) is 6.52. The first-order valence-corrected chi connectivity index (χ1v) is 8.08. The molecular formula is C17H19F3N2O2. The van der Waals surface area contributed by atoms with Crippen molar-refractivity contribution in [3.63, 3.8) is 0 Å². The standard InChI is InChI=1S/C17H19F3N2O2/c18-12-1-3-14(4-2-12)22-10-11(9-15(22)23)16(24)21-13-5-7-17(19,20)8-6-13/h1-4,11,13H,5-10H2,(H,21,24)/t11-/m1/s1. The Balaban J connectivity index is 1.57. The number of benzene rings is 1. The quantitative estimate of drug-likeness (QED) is 0.920. The van der Waals surface area contributed by atoms with Crippen LogP contribution in [-0.4, -0.2) is 30.3 Å². The normalized spacial score (nSPS) is 24.2. The number of hydrogen-bond acceptors (Lipinski definition) is 2. The summed E-state index contributed by atoms with van der Waals surface area (Å²) in [5.41, 5.74) is 0.550. The SMILES string of the molecule is O=C(NC1CCC(F)(F)CC1)[C@@H]1CC(=O)N(c2ccc(F)cc2)C1. The predicted octanol–water partition coefficient (Wildman–Crippen LogP) is 2.87. The van der Waals surface area contributed by atoms with E-state index in [1.165, 1.54) is 29.2 Å². The summed E-state index contributed by atoms with van der Waals surface area (Å²) in [5, 5.41) is 2.79. The average molecular weight is 340 g/mol. The molecule has 0 aromatic heterocycles. The van der Waals surface area contributed by atoms with E-state index in [0.717, 1.165) is 0 Å². The molecule has 130 valence electrons. The largest absolute Gasteiger partial charge is 0.353 e. The van der Waals surface area contributed by atoms with Gasteiger partial charge in [0.15, 0.2) is 0 Å². The van der Waals surface area contributed by atoms with Crippen LogP contribution in [0.25, 0.3) is 0 Å². The molecule has 3 rings (SSSR count). The summed E-state index contributed by atoms with van der Waals surface area (Å²) >= 11 is 0. The Morgan fingerprint density at radius 3 is 2.42 bits per heavy atom. The molecule has 1 saturated heterocycles. The highest BCUT2D eigenvalue weighted by molar-refractivity contribution is 6.00. The van der Waals surface area contributed by atoms with Gasteiger partial charge in [-0.3, -0.25) is 9.59 Å². The number of carbonyl (C=O) groups is 2. The number of anilines is 1. The van der Waals surface area contributed by atoms with E-state index in [-0.39, 0.29) is 56.5 Å². The number of alkyl halides is 2. The maximum Gasteiger partial charge on any atom is 0.248 e. The molecule has 1 aromatic rings. The van der Waals surface area contributed by atoms with Gasteiger partial charge in [-0.05, 0) is 37.1 Å². The van der Waals surface area contributed by atoms with Crippen LogP contribution in [0.1, 0.15) is 32.1 Å². The molecule has 2 amide bonds. The zero-order valence-corrected chi connectivity index (χ0v) is 13.1. The van der Waals surface area contributed by atoms with Crippen LogP contribution in [0.4, 0.5) is 18.9 Å². The number of halogens is 3. The molecule has 1 N–H and O–H groups in total. The van der Waals surface area contributed by atoms with Crippen molar-refractivity contribution in [3.8, 4) is 0 Å². The van der Waals surface area contributed by atoms with Crippen LogP contribution in [0.3, 0.4) is 0 Å². The van der Waals surface area contributed by atoms with E-state index in [4.69, 9.17) is 0 Å². The number of carbonyl (C=O) groups excluding carboxylic acids is 2. The maximum absolute atomic E-state index is 13.1. The lowest BCUT2D eigenvalue weighted by Crippen LogP contribution is -2.43. The Morgan fingerprint density at radius 2 is 1.79 bits per heavy atom. The van der Waals surface area contributed by atoms with Gasteiger partial charge < -0.3 is 10.2 Å². The zero-order valence-electron chi connectivity index (χ0n) is 13.1. The van der Waals surface area contributed by atoms with Crippen molar-refractivity contribution >= 4 is 17.5 Å². The van der Waals surface area contributed by atoms with Crippen LogP contribution in [0, 0.1) is 11.7 Å². The van der Waals surface area contributed by atoms with Crippen molar-refractivity contribution in [1.29, 1.82) is 0 Å². The van der Waals surface area contributed by atoms with Crippen LogP contribution in [-0.2, 0) is 9.59 Å². The van der Waals surface area contributed by atoms with Gasteiger partial charge in [-0.1, -0.05) is 0 Å². The van der Waals surface area contributed by atoms with Gasteiger partial charge in [0.2, 0.25) is 17.7 Å². The Kier molecular flexibility index (Phi) is 4.51. The molecule has 1 heterocycles. The molecule has 1 aliphatic carbocycles. The number of amides is 2. The molecule has 4 nitrogen and oxygen atoms in total. The lowest BCUT2D eigenvalue weighted by atomic mass is 9.92. The predicted molar refractivity (Wildman–Crippen MR) is 82.2 cm³/mol. The molecule has 2 aliphatic rings. The second kappa shape index (κ2) is 6.45. The number of nitrogens with zero attached hydrogens (tertiary/aromatic N) is 1. The van der Waals surface area contributed by atoms with Crippen molar-refractivity contribution in [3.05, 3.63) is 30.1 Å². The summed E-state index contributed by atoms with van der Waals surface area (Å²) in [6.45, 7) is 0.221. The highest BCUT2D eigenvalue weighted by atomic mass is 19.3. The fraction of sp³-hybridized carbons (Fsp3) is 0.529. The summed E-state index contributed by atoms with van der Waals surface area (Å²) in [6, 6.07) is 5.26. The Bertz CT molecular complexity index is 623. The molecule has 1 aliphatic heterocycles. The fourth-order valence-electron chi connectivity index (χ4n) is 3.26. The average Bonchev–Trinajstić information content (AvgIpc) is 2.92. The van der Waals surface area contributed by atoms with Crippen molar-refractivity contribution in [2.24, 2.45) is 5.92 Å². The molecule has 0 unspecified atom stereocenters. The van der Waals surface area contributed by atoms with Crippen LogP contribution in [0.5, 0.6) is 0 Å². The molecule has 0 radical (unpaired) electrons. The lowest BCUT2D eigenvalue weighted by molar-refractivity contribution is -0.127. The van der Waals surface area contributed by atoms with Crippen LogP contribution >= 0.6 is 0 Å². The summed E-state index contributed by atoms with van der Waals surface area (Å²) in [4.78, 5) is 25.9. The highest BCUT2D eigenvalue weighted by Gasteiger charge is 2.38. The van der Waals surface area contributed by atoms with Gasteiger partial charge in [-0.25, -0.2) is 13.2 Å². The number of rotatable bonds is 3. The molecule has 0 bridgehead atoms. The van der Waals surface area contributed by atoms with Gasteiger partial charge in [0, 0.05) is 37.5 Å². The van der Waals surface area contributed by atoms with Gasteiger partial charge in [0.05, 0.1) is 5.92 Å². The molecule has 1 atom stereocenters. The van der Waals surface area contributed by atoms with Crippen molar-refractivity contribution in [2.75, 3.05) is 11.4 Å².